The van der Waals surface area contributed by atoms with E-state index in [0.29, 0.717) is 17.6 Å². The zero-order valence-electron chi connectivity index (χ0n) is 16.7. The fourth-order valence-corrected chi connectivity index (χ4v) is 3.92. The van der Waals surface area contributed by atoms with Gasteiger partial charge in [0.15, 0.2) is 6.10 Å². The molecule has 0 bridgehead atoms. The summed E-state index contributed by atoms with van der Waals surface area (Å²) in [6.07, 6.45) is -7.77. The summed E-state index contributed by atoms with van der Waals surface area (Å²) in [7, 11) is 0. The van der Waals surface area contributed by atoms with Crippen LogP contribution in [0.15, 0.2) is 11.0 Å². The van der Waals surface area contributed by atoms with Gasteiger partial charge in [-0.15, -0.1) is 0 Å². The maximum atomic E-state index is 13.2. The van der Waals surface area contributed by atoms with Crippen molar-refractivity contribution in [2.45, 2.75) is 69.0 Å². The zero-order valence-corrected chi connectivity index (χ0v) is 17.5. The van der Waals surface area contributed by atoms with E-state index in [4.69, 9.17) is 21.4 Å². The van der Waals surface area contributed by atoms with Crippen LogP contribution in [0.25, 0.3) is 0 Å². The van der Waals surface area contributed by atoms with Gasteiger partial charge in [0, 0.05) is 31.8 Å². The Kier molecular flexibility index (Phi) is 7.18. The number of nitrogens with zero attached hydrogens (tertiary/aromatic N) is 3. The number of carbonyl (C=O) groups excluding carboxylic acids is 1. The molecule has 8 nitrogen and oxygen atoms in total. The molecule has 1 aliphatic carbocycles. The molecule has 1 aromatic rings. The third-order valence-corrected chi connectivity index (χ3v) is 5.84. The van der Waals surface area contributed by atoms with Crippen LogP contribution in [0.5, 0.6) is 0 Å². The number of ether oxygens (including phenoxy) is 1. The standard InChI is InChI=1S/C18H22ClF5N4O4/c19-14-12(7-25-28(15(14)30)9-13(29)18(22,23)24)27-6-3-11(8-27)32-16(31)26-10-1-4-17(20,21)5-2-10/h7,10-11,13,29H,1-6,8-9H2,(H,26,31)/t11-,13?/m1/s1. The lowest BCUT2D eigenvalue weighted by molar-refractivity contribution is -0.208. The second-order valence-corrected chi connectivity index (χ2v) is 8.30. The minimum atomic E-state index is -4.91. The monoisotopic (exact) mass is 488 g/mol. The molecule has 2 aliphatic rings. The van der Waals surface area contributed by atoms with Crippen molar-refractivity contribution >= 4 is 23.4 Å². The maximum absolute atomic E-state index is 13.2. The summed E-state index contributed by atoms with van der Waals surface area (Å²) in [4.78, 5) is 25.9. The number of nitrogens with one attached hydrogen (secondary N) is 1. The molecule has 3 rings (SSSR count). The number of alkyl carbamates (subject to hydrolysis) is 1. The smallest absolute Gasteiger partial charge is 0.416 e. The third kappa shape index (κ3) is 6.00. The molecule has 180 valence electrons. The molecule has 2 fully saturated rings. The number of aromatic nitrogens is 2. The highest BCUT2D eigenvalue weighted by Crippen LogP contribution is 2.33. The fourth-order valence-electron chi connectivity index (χ4n) is 3.65. The van der Waals surface area contributed by atoms with E-state index in [1.54, 1.807) is 4.90 Å². The highest BCUT2D eigenvalue weighted by molar-refractivity contribution is 6.33. The lowest BCUT2D eigenvalue weighted by Crippen LogP contribution is -2.42. The summed E-state index contributed by atoms with van der Waals surface area (Å²) in [5, 5.41) is 15.0. The van der Waals surface area contributed by atoms with Crippen LogP contribution < -0.4 is 15.8 Å². The number of hydrogen-bond donors (Lipinski definition) is 2. The van der Waals surface area contributed by atoms with Crippen LogP contribution in [0, 0.1) is 0 Å². The van der Waals surface area contributed by atoms with Crippen molar-refractivity contribution in [2.75, 3.05) is 18.0 Å². The van der Waals surface area contributed by atoms with Crippen molar-refractivity contribution in [3.05, 3.63) is 21.6 Å². The Morgan fingerprint density at radius 1 is 1.34 bits per heavy atom. The first-order chi connectivity index (χ1) is 14.9. The Balaban J connectivity index is 1.55. The van der Waals surface area contributed by atoms with Crippen molar-refractivity contribution in [1.29, 1.82) is 0 Å². The van der Waals surface area contributed by atoms with E-state index in [1.807, 2.05) is 0 Å². The molecule has 2 heterocycles. The molecule has 1 amide bonds. The predicted molar refractivity (Wildman–Crippen MR) is 103 cm³/mol. The lowest BCUT2D eigenvalue weighted by Gasteiger charge is -2.28. The Bertz CT molecular complexity index is 887. The molecule has 1 unspecified atom stereocenters. The molecular weight excluding hydrogens is 467 g/mol. The average molecular weight is 489 g/mol. The first kappa shape index (κ1) is 24.5. The number of rotatable bonds is 5. The fraction of sp³-hybridized carbons (Fsp3) is 0.722. The van der Waals surface area contributed by atoms with E-state index in [2.05, 4.69) is 10.4 Å². The van der Waals surface area contributed by atoms with Gasteiger partial charge < -0.3 is 20.1 Å². The van der Waals surface area contributed by atoms with E-state index >= 15 is 0 Å². The lowest BCUT2D eigenvalue weighted by atomic mass is 9.92. The molecule has 0 spiro atoms. The highest BCUT2D eigenvalue weighted by atomic mass is 35.5. The van der Waals surface area contributed by atoms with E-state index in [-0.39, 0.29) is 42.9 Å². The minimum Gasteiger partial charge on any atom is -0.444 e. The van der Waals surface area contributed by atoms with Gasteiger partial charge in [0.05, 0.1) is 25.0 Å². The van der Waals surface area contributed by atoms with Crippen LogP contribution in [0.3, 0.4) is 0 Å². The second kappa shape index (κ2) is 9.38. The van der Waals surface area contributed by atoms with Gasteiger partial charge in [0.25, 0.3) is 5.56 Å². The first-order valence-electron chi connectivity index (χ1n) is 9.96. The number of anilines is 1. The molecule has 1 saturated heterocycles. The minimum absolute atomic E-state index is 0.152. The summed E-state index contributed by atoms with van der Waals surface area (Å²) < 4.78 is 69.7. The van der Waals surface area contributed by atoms with Crippen LogP contribution in [-0.4, -0.2) is 64.4 Å². The molecule has 14 heteroatoms. The normalized spacial score (nSPS) is 22.6. The van der Waals surface area contributed by atoms with Gasteiger partial charge >= 0.3 is 12.3 Å². The number of carbonyl (C=O) groups is 1. The number of halogens is 6. The molecule has 1 aromatic heterocycles. The van der Waals surface area contributed by atoms with Crippen LogP contribution in [0.1, 0.15) is 32.1 Å². The van der Waals surface area contributed by atoms with E-state index in [9.17, 15) is 31.5 Å². The Morgan fingerprint density at radius 3 is 2.62 bits per heavy atom. The van der Waals surface area contributed by atoms with E-state index < -0.39 is 48.5 Å². The SMILES string of the molecule is O=C(NC1CCC(F)(F)CC1)O[C@@H]1CCN(c2cnn(CC(O)C(F)(F)F)c(=O)c2Cl)C1. The Hall–Kier alpha value is -2.15. The van der Waals surface area contributed by atoms with Crippen LogP contribution >= 0.6 is 11.6 Å². The molecular formula is C18H22ClF5N4O4. The highest BCUT2D eigenvalue weighted by Gasteiger charge is 2.39. The number of hydrogen-bond acceptors (Lipinski definition) is 6. The topological polar surface area (TPSA) is 96.7 Å². The molecule has 2 atom stereocenters. The van der Waals surface area contributed by atoms with Crippen molar-refractivity contribution in [1.82, 2.24) is 15.1 Å². The van der Waals surface area contributed by atoms with Crippen LogP contribution in [-0.2, 0) is 11.3 Å². The third-order valence-electron chi connectivity index (χ3n) is 5.49. The summed E-state index contributed by atoms with van der Waals surface area (Å²) in [5.41, 5.74) is -0.834. The van der Waals surface area contributed by atoms with Gasteiger partial charge in [-0.2, -0.15) is 18.3 Å². The largest absolute Gasteiger partial charge is 0.444 e. The average Bonchev–Trinajstić information content (AvgIpc) is 3.14. The second-order valence-electron chi connectivity index (χ2n) is 7.93. The van der Waals surface area contributed by atoms with E-state index in [0.717, 1.165) is 6.20 Å². The number of aliphatic hydroxyl groups excluding tert-OH is 1. The predicted octanol–water partition coefficient (Wildman–Crippen LogP) is 2.70. The van der Waals surface area contributed by atoms with Gasteiger partial charge in [-0.25, -0.2) is 18.3 Å². The van der Waals surface area contributed by atoms with Crippen molar-refractivity contribution < 1.29 is 36.6 Å². The van der Waals surface area contributed by atoms with Crippen LogP contribution in [0.2, 0.25) is 5.02 Å². The quantitative estimate of drug-likeness (QED) is 0.619. The maximum Gasteiger partial charge on any atom is 0.416 e. The van der Waals surface area contributed by atoms with Crippen molar-refractivity contribution in [3.8, 4) is 0 Å². The first-order valence-corrected chi connectivity index (χ1v) is 10.3. The molecule has 0 aromatic carbocycles. The van der Waals surface area contributed by atoms with Crippen molar-refractivity contribution in [2.24, 2.45) is 0 Å². The van der Waals surface area contributed by atoms with E-state index in [1.165, 1.54) is 0 Å². The van der Waals surface area contributed by atoms with Gasteiger partial charge in [0.1, 0.15) is 11.1 Å². The number of amides is 1. The number of alkyl halides is 5. The molecule has 2 N–H and O–H groups in total. The summed E-state index contributed by atoms with van der Waals surface area (Å²) in [6.45, 7) is -0.600. The molecule has 32 heavy (non-hydrogen) atoms. The van der Waals surface area contributed by atoms with Gasteiger partial charge in [-0.05, 0) is 12.8 Å². The molecule has 0 radical (unpaired) electrons. The zero-order chi connectivity index (χ0) is 23.7. The van der Waals surface area contributed by atoms with Gasteiger partial charge in [0.2, 0.25) is 5.92 Å². The molecule has 1 aliphatic heterocycles. The van der Waals surface area contributed by atoms with Crippen molar-refractivity contribution in [3.63, 3.8) is 0 Å². The Morgan fingerprint density at radius 2 is 2.00 bits per heavy atom. The van der Waals surface area contributed by atoms with Crippen LogP contribution in [0.4, 0.5) is 32.4 Å². The van der Waals surface area contributed by atoms with Gasteiger partial charge in [-0.3, -0.25) is 4.79 Å². The summed E-state index contributed by atoms with van der Waals surface area (Å²) >= 11 is 6.02. The summed E-state index contributed by atoms with van der Waals surface area (Å²) in [5.74, 6) is -2.71. The molecule has 1 saturated carbocycles. The summed E-state index contributed by atoms with van der Waals surface area (Å²) in [6, 6.07) is -0.391. The Labute approximate surface area is 184 Å². The van der Waals surface area contributed by atoms with Gasteiger partial charge in [-0.1, -0.05) is 11.6 Å². The number of aliphatic hydroxyl groups is 1.